The lowest BCUT2D eigenvalue weighted by atomic mass is 9.98. The second kappa shape index (κ2) is 11.3. The van der Waals surface area contributed by atoms with E-state index in [1.165, 1.54) is 5.56 Å². The highest BCUT2D eigenvalue weighted by atomic mass is 31.2. The van der Waals surface area contributed by atoms with Gasteiger partial charge in [-0.05, 0) is 61.4 Å². The summed E-state index contributed by atoms with van der Waals surface area (Å²) in [6, 6.07) is 30.7. The summed E-state index contributed by atoms with van der Waals surface area (Å²) in [4.78, 5) is 0. The van der Waals surface area contributed by atoms with Gasteiger partial charge in [0.2, 0.25) is 7.29 Å². The molecule has 0 saturated carbocycles. The second-order valence-electron chi connectivity index (χ2n) is 8.47. The van der Waals surface area contributed by atoms with Crippen LogP contribution in [0.5, 0.6) is 0 Å². The Morgan fingerprint density at radius 1 is 0.733 bits per heavy atom. The van der Waals surface area contributed by atoms with Gasteiger partial charge >= 0.3 is 0 Å². The van der Waals surface area contributed by atoms with Crippen LogP contribution < -0.4 is 15.7 Å². The van der Waals surface area contributed by atoms with Gasteiger partial charge in [0.15, 0.2) is 0 Å². The van der Waals surface area contributed by atoms with Gasteiger partial charge in [-0.25, -0.2) is 0 Å². The summed E-state index contributed by atoms with van der Waals surface area (Å²) in [7, 11) is -2.89. The van der Waals surface area contributed by atoms with Crippen molar-refractivity contribution < 1.29 is 4.57 Å². The molecule has 0 radical (unpaired) electrons. The Labute approximate surface area is 182 Å². The smallest absolute Gasteiger partial charge is 0.204 e. The predicted molar refractivity (Wildman–Crippen MR) is 130 cm³/mol. The van der Waals surface area contributed by atoms with Gasteiger partial charge in [0, 0.05) is 16.7 Å². The molecule has 158 valence electrons. The first-order chi connectivity index (χ1) is 14.6. The third kappa shape index (κ3) is 6.42. The second-order valence-corrected chi connectivity index (χ2v) is 11.0. The Morgan fingerprint density at radius 3 is 1.73 bits per heavy atom. The van der Waals surface area contributed by atoms with E-state index in [1.807, 2.05) is 60.7 Å². The molecule has 0 spiro atoms. The maximum Gasteiger partial charge on any atom is 0.204 e. The standard InChI is InChI=1S/C27H34NOP/c1-23(2)22-25(17-13-12-16-24-14-6-3-7-15-24)28-30(29,26-18-8-4-9-19-26)27-20-10-5-11-21-27/h3-11,14-15,18-21,23,25H,12-13,16-17,22H2,1-2H3,(H,28,29)/t25-/m0/s1. The van der Waals surface area contributed by atoms with Crippen molar-refractivity contribution in [2.45, 2.75) is 52.0 Å². The molecule has 3 aromatic rings. The highest BCUT2D eigenvalue weighted by Crippen LogP contribution is 2.40. The molecule has 3 heteroatoms. The zero-order valence-corrected chi connectivity index (χ0v) is 19.1. The zero-order chi connectivity index (χ0) is 21.2. The first-order valence-corrected chi connectivity index (χ1v) is 12.8. The van der Waals surface area contributed by atoms with Crippen molar-refractivity contribution in [3.8, 4) is 0 Å². The quantitative estimate of drug-likeness (QED) is 0.290. The largest absolute Gasteiger partial charge is 0.297 e. The number of hydrogen-bond donors (Lipinski definition) is 1. The van der Waals surface area contributed by atoms with Crippen LogP contribution in [0.25, 0.3) is 0 Å². The predicted octanol–water partition coefficient (Wildman–Crippen LogP) is 6.33. The van der Waals surface area contributed by atoms with Crippen LogP contribution >= 0.6 is 7.29 Å². The lowest BCUT2D eigenvalue weighted by Gasteiger charge is -2.28. The number of aryl methyl sites for hydroxylation is 1. The minimum atomic E-state index is -2.89. The Bertz CT molecular complexity index is 866. The van der Waals surface area contributed by atoms with Gasteiger partial charge in [-0.15, -0.1) is 0 Å². The Balaban J connectivity index is 1.73. The van der Waals surface area contributed by atoms with Crippen LogP contribution in [0, 0.1) is 5.92 Å². The Kier molecular flexibility index (Phi) is 8.49. The third-order valence-electron chi connectivity index (χ3n) is 5.47. The minimum Gasteiger partial charge on any atom is -0.297 e. The first-order valence-electron chi connectivity index (χ1n) is 11.1. The topological polar surface area (TPSA) is 29.1 Å². The van der Waals surface area contributed by atoms with E-state index in [-0.39, 0.29) is 6.04 Å². The number of nitrogens with one attached hydrogen (secondary N) is 1. The molecule has 1 N–H and O–H groups in total. The van der Waals surface area contributed by atoms with Gasteiger partial charge in [-0.2, -0.15) is 0 Å². The molecule has 0 aliphatic rings. The summed E-state index contributed by atoms with van der Waals surface area (Å²) in [6.07, 6.45) is 5.44. The summed E-state index contributed by atoms with van der Waals surface area (Å²) in [5.74, 6) is 0.552. The summed E-state index contributed by atoms with van der Waals surface area (Å²) >= 11 is 0. The number of unbranched alkanes of at least 4 members (excludes halogenated alkanes) is 1. The molecule has 0 bridgehead atoms. The SMILES string of the molecule is CC(C)C[C@H](CCCCc1ccccc1)NP(=O)(c1ccccc1)c1ccccc1. The molecule has 0 fully saturated rings. The molecule has 0 aliphatic heterocycles. The molecule has 0 aromatic heterocycles. The maximum atomic E-state index is 14.4. The van der Waals surface area contributed by atoms with E-state index in [0.29, 0.717) is 5.92 Å². The first kappa shape index (κ1) is 22.5. The molecule has 0 saturated heterocycles. The Morgan fingerprint density at radius 2 is 1.23 bits per heavy atom. The number of hydrogen-bond acceptors (Lipinski definition) is 1. The van der Waals surface area contributed by atoms with Gasteiger partial charge in [0.25, 0.3) is 0 Å². The van der Waals surface area contributed by atoms with Crippen LogP contribution in [0.1, 0.15) is 45.1 Å². The van der Waals surface area contributed by atoms with Crippen LogP contribution in [-0.2, 0) is 11.0 Å². The fraction of sp³-hybridized carbons (Fsp3) is 0.333. The van der Waals surface area contributed by atoms with Crippen LogP contribution in [0.2, 0.25) is 0 Å². The van der Waals surface area contributed by atoms with E-state index in [9.17, 15) is 4.57 Å². The highest BCUT2D eigenvalue weighted by molar-refractivity contribution is 7.76. The molecule has 2 nitrogen and oxygen atoms in total. The molecule has 3 rings (SSSR count). The van der Waals surface area contributed by atoms with Crippen molar-refractivity contribution in [2.24, 2.45) is 5.92 Å². The molecule has 0 amide bonds. The Hall–Kier alpha value is -2.15. The fourth-order valence-electron chi connectivity index (χ4n) is 4.00. The van der Waals surface area contributed by atoms with E-state index < -0.39 is 7.29 Å². The van der Waals surface area contributed by atoms with Gasteiger partial charge in [0.1, 0.15) is 0 Å². The number of rotatable bonds is 11. The summed E-state index contributed by atoms with van der Waals surface area (Å²) < 4.78 is 14.4. The van der Waals surface area contributed by atoms with E-state index in [0.717, 1.165) is 42.7 Å². The van der Waals surface area contributed by atoms with E-state index >= 15 is 0 Å². The van der Waals surface area contributed by atoms with Crippen molar-refractivity contribution in [2.75, 3.05) is 0 Å². The molecular formula is C27H34NOP. The zero-order valence-electron chi connectivity index (χ0n) is 18.2. The third-order valence-corrected chi connectivity index (χ3v) is 8.25. The van der Waals surface area contributed by atoms with Crippen molar-refractivity contribution in [1.29, 1.82) is 0 Å². The maximum absolute atomic E-state index is 14.4. The van der Waals surface area contributed by atoms with E-state index in [1.54, 1.807) is 0 Å². The monoisotopic (exact) mass is 419 g/mol. The minimum absolute atomic E-state index is 0.229. The van der Waals surface area contributed by atoms with E-state index in [4.69, 9.17) is 0 Å². The summed E-state index contributed by atoms with van der Waals surface area (Å²) in [5.41, 5.74) is 1.39. The summed E-state index contributed by atoms with van der Waals surface area (Å²) in [6.45, 7) is 4.49. The molecule has 0 unspecified atom stereocenters. The number of benzene rings is 3. The molecule has 30 heavy (non-hydrogen) atoms. The van der Waals surface area contributed by atoms with Gasteiger partial charge in [0.05, 0.1) is 0 Å². The molecule has 0 aliphatic carbocycles. The molecule has 0 heterocycles. The highest BCUT2D eigenvalue weighted by Gasteiger charge is 2.30. The lowest BCUT2D eigenvalue weighted by molar-refractivity contribution is 0.429. The van der Waals surface area contributed by atoms with Gasteiger partial charge in [-0.3, -0.25) is 9.65 Å². The lowest BCUT2D eigenvalue weighted by Crippen LogP contribution is -2.36. The normalized spacial score (nSPS) is 12.8. The average Bonchev–Trinajstić information content (AvgIpc) is 2.78. The van der Waals surface area contributed by atoms with Crippen molar-refractivity contribution >= 4 is 17.9 Å². The van der Waals surface area contributed by atoms with Crippen molar-refractivity contribution in [3.63, 3.8) is 0 Å². The van der Waals surface area contributed by atoms with Gasteiger partial charge in [-0.1, -0.05) is 87.0 Å². The van der Waals surface area contributed by atoms with Crippen LogP contribution in [0.3, 0.4) is 0 Å². The fourth-order valence-corrected chi connectivity index (χ4v) is 6.53. The van der Waals surface area contributed by atoms with Crippen molar-refractivity contribution in [1.82, 2.24) is 5.09 Å². The average molecular weight is 420 g/mol. The van der Waals surface area contributed by atoms with Crippen molar-refractivity contribution in [3.05, 3.63) is 96.6 Å². The van der Waals surface area contributed by atoms with Crippen LogP contribution in [-0.4, -0.2) is 6.04 Å². The van der Waals surface area contributed by atoms with Crippen LogP contribution in [0.15, 0.2) is 91.0 Å². The van der Waals surface area contributed by atoms with E-state index in [2.05, 4.69) is 49.3 Å². The molecule has 3 aromatic carbocycles. The summed E-state index contributed by atoms with van der Waals surface area (Å²) in [5, 5.41) is 5.42. The molecule has 1 atom stereocenters. The molecular weight excluding hydrogens is 385 g/mol. The van der Waals surface area contributed by atoms with Crippen LogP contribution in [0.4, 0.5) is 0 Å². The van der Waals surface area contributed by atoms with Gasteiger partial charge < -0.3 is 0 Å².